The summed E-state index contributed by atoms with van der Waals surface area (Å²) in [5.41, 5.74) is 1.06. The summed E-state index contributed by atoms with van der Waals surface area (Å²) in [6.07, 6.45) is 3.46. The van der Waals surface area contributed by atoms with Gasteiger partial charge in [-0.3, -0.25) is 14.9 Å². The minimum absolute atomic E-state index is 0.0737. The summed E-state index contributed by atoms with van der Waals surface area (Å²) in [7, 11) is 0. The van der Waals surface area contributed by atoms with Crippen LogP contribution in [0, 0.1) is 0 Å². The maximum Gasteiger partial charge on any atom is 0.335 e. The zero-order chi connectivity index (χ0) is 17.1. The molecule has 6 heteroatoms. The quantitative estimate of drug-likeness (QED) is 0.531. The Kier molecular flexibility index (Phi) is 4.48. The molecule has 24 heavy (non-hydrogen) atoms. The van der Waals surface area contributed by atoms with Crippen LogP contribution in [-0.4, -0.2) is 24.1 Å². The average Bonchev–Trinajstić information content (AvgIpc) is 2.60. The fourth-order valence-corrected chi connectivity index (χ4v) is 2.74. The molecule has 1 aliphatic heterocycles. The molecular weight excluding hydrogens is 324 g/mol. The molecule has 0 unspecified atom stereocenters. The highest BCUT2D eigenvalue weighted by Gasteiger charge is 2.36. The van der Waals surface area contributed by atoms with Crippen molar-refractivity contribution < 1.29 is 14.4 Å². The zero-order valence-corrected chi connectivity index (χ0v) is 13.7. The molecule has 120 valence electrons. The second-order valence-electron chi connectivity index (χ2n) is 5.07. The Morgan fingerprint density at radius 3 is 2.25 bits per heavy atom. The SMILES string of the molecule is CSc1ccc(C=C2C(=O)NC(=O)N(c3ccccc3)C2=O)cc1. The van der Waals surface area contributed by atoms with Crippen LogP contribution in [-0.2, 0) is 9.59 Å². The molecule has 0 aliphatic carbocycles. The molecule has 3 rings (SSSR count). The van der Waals surface area contributed by atoms with Gasteiger partial charge in [-0.05, 0) is 42.2 Å². The van der Waals surface area contributed by atoms with E-state index in [1.165, 1.54) is 6.08 Å². The number of urea groups is 1. The Morgan fingerprint density at radius 2 is 1.62 bits per heavy atom. The molecule has 0 radical (unpaired) electrons. The molecule has 0 atom stereocenters. The summed E-state index contributed by atoms with van der Waals surface area (Å²) in [4.78, 5) is 38.8. The molecule has 1 saturated heterocycles. The minimum Gasteiger partial charge on any atom is -0.273 e. The number of para-hydroxylation sites is 1. The topological polar surface area (TPSA) is 66.5 Å². The lowest BCUT2D eigenvalue weighted by Gasteiger charge is -2.26. The number of carbonyl (C=O) groups is 3. The molecular formula is C18H14N2O3S. The predicted octanol–water partition coefficient (Wildman–Crippen LogP) is 3.07. The predicted molar refractivity (Wildman–Crippen MR) is 93.7 cm³/mol. The molecule has 0 saturated carbocycles. The van der Waals surface area contributed by atoms with Crippen molar-refractivity contribution >= 4 is 41.4 Å². The number of imide groups is 2. The van der Waals surface area contributed by atoms with Crippen molar-refractivity contribution in [3.05, 3.63) is 65.7 Å². The van der Waals surface area contributed by atoms with Crippen LogP contribution in [0.15, 0.2) is 65.1 Å². The standard InChI is InChI=1S/C18H14N2O3S/c1-24-14-9-7-12(8-10-14)11-15-16(21)19-18(23)20(17(15)22)13-5-3-2-4-6-13/h2-11H,1H3,(H,19,21,23). The lowest BCUT2D eigenvalue weighted by Crippen LogP contribution is -2.54. The average molecular weight is 338 g/mol. The molecule has 0 bridgehead atoms. The number of thioether (sulfide) groups is 1. The second kappa shape index (κ2) is 6.72. The molecule has 2 aromatic rings. The van der Waals surface area contributed by atoms with Crippen LogP contribution in [0.5, 0.6) is 0 Å². The van der Waals surface area contributed by atoms with E-state index in [-0.39, 0.29) is 5.57 Å². The highest BCUT2D eigenvalue weighted by molar-refractivity contribution is 7.98. The first kappa shape index (κ1) is 16.0. The lowest BCUT2D eigenvalue weighted by atomic mass is 10.1. The molecule has 2 aromatic carbocycles. The van der Waals surface area contributed by atoms with E-state index in [2.05, 4.69) is 5.32 Å². The number of rotatable bonds is 3. The number of anilines is 1. The van der Waals surface area contributed by atoms with Crippen molar-refractivity contribution in [2.45, 2.75) is 4.90 Å². The highest BCUT2D eigenvalue weighted by atomic mass is 32.2. The van der Waals surface area contributed by atoms with Crippen molar-refractivity contribution in [1.82, 2.24) is 5.32 Å². The minimum atomic E-state index is -0.744. The van der Waals surface area contributed by atoms with Crippen molar-refractivity contribution in [3.8, 4) is 0 Å². The van der Waals surface area contributed by atoms with Crippen molar-refractivity contribution in [1.29, 1.82) is 0 Å². The van der Waals surface area contributed by atoms with Crippen LogP contribution in [0.1, 0.15) is 5.56 Å². The smallest absolute Gasteiger partial charge is 0.273 e. The van der Waals surface area contributed by atoms with Gasteiger partial charge in [-0.25, -0.2) is 9.69 Å². The van der Waals surface area contributed by atoms with Gasteiger partial charge in [0.2, 0.25) is 0 Å². The van der Waals surface area contributed by atoms with E-state index >= 15 is 0 Å². The fraction of sp³-hybridized carbons (Fsp3) is 0.0556. The number of carbonyl (C=O) groups excluding carboxylic acids is 3. The zero-order valence-electron chi connectivity index (χ0n) is 12.9. The second-order valence-corrected chi connectivity index (χ2v) is 5.95. The summed E-state index contributed by atoms with van der Waals surface area (Å²) in [6, 6.07) is 15.2. The van der Waals surface area contributed by atoms with E-state index in [0.29, 0.717) is 11.3 Å². The molecule has 0 aromatic heterocycles. The number of benzene rings is 2. The number of nitrogens with zero attached hydrogens (tertiary/aromatic N) is 1. The molecule has 1 heterocycles. The molecule has 1 fully saturated rings. The summed E-state index contributed by atoms with van der Waals surface area (Å²) >= 11 is 1.60. The normalized spacial score (nSPS) is 16.5. The van der Waals surface area contributed by atoms with Crippen molar-refractivity contribution in [3.63, 3.8) is 0 Å². The van der Waals surface area contributed by atoms with Gasteiger partial charge in [-0.2, -0.15) is 0 Å². The van der Waals surface area contributed by atoms with Crippen molar-refractivity contribution in [2.24, 2.45) is 0 Å². The maximum absolute atomic E-state index is 12.6. The van der Waals surface area contributed by atoms with Crippen LogP contribution in [0.25, 0.3) is 6.08 Å². The van der Waals surface area contributed by atoms with Crippen LogP contribution in [0.2, 0.25) is 0 Å². The highest BCUT2D eigenvalue weighted by Crippen LogP contribution is 2.22. The number of amides is 4. The molecule has 1 aliphatic rings. The maximum atomic E-state index is 12.6. The third-order valence-corrected chi connectivity index (χ3v) is 4.29. The van der Waals surface area contributed by atoms with Crippen LogP contribution < -0.4 is 10.2 Å². The number of hydrogen-bond donors (Lipinski definition) is 1. The molecule has 1 N–H and O–H groups in total. The number of barbiturate groups is 1. The van der Waals surface area contributed by atoms with Gasteiger partial charge >= 0.3 is 6.03 Å². The van der Waals surface area contributed by atoms with Gasteiger partial charge in [0.15, 0.2) is 0 Å². The van der Waals surface area contributed by atoms with Gasteiger partial charge < -0.3 is 0 Å². The van der Waals surface area contributed by atoms with Gasteiger partial charge in [-0.1, -0.05) is 30.3 Å². The van der Waals surface area contributed by atoms with Crippen LogP contribution in [0.3, 0.4) is 0 Å². The largest absolute Gasteiger partial charge is 0.335 e. The van der Waals surface area contributed by atoms with E-state index in [1.807, 2.05) is 30.5 Å². The number of nitrogens with one attached hydrogen (secondary N) is 1. The Labute approximate surface area is 143 Å². The van der Waals surface area contributed by atoms with Crippen LogP contribution in [0.4, 0.5) is 10.5 Å². The summed E-state index contributed by atoms with van der Waals surface area (Å²) in [5.74, 6) is -1.32. The first-order valence-corrected chi connectivity index (χ1v) is 8.43. The van der Waals surface area contributed by atoms with Crippen LogP contribution >= 0.6 is 11.8 Å². The third kappa shape index (κ3) is 3.09. The summed E-state index contributed by atoms with van der Waals surface area (Å²) in [5, 5.41) is 2.21. The van der Waals surface area contributed by atoms with E-state index in [4.69, 9.17) is 0 Å². The lowest BCUT2D eigenvalue weighted by molar-refractivity contribution is -0.122. The first-order chi connectivity index (χ1) is 11.6. The monoisotopic (exact) mass is 338 g/mol. The van der Waals surface area contributed by atoms with E-state index in [1.54, 1.807) is 42.1 Å². The van der Waals surface area contributed by atoms with E-state index < -0.39 is 17.8 Å². The summed E-state index contributed by atoms with van der Waals surface area (Å²) < 4.78 is 0. The molecule has 5 nitrogen and oxygen atoms in total. The Balaban J connectivity index is 1.97. The molecule has 4 amide bonds. The van der Waals surface area contributed by atoms with Gasteiger partial charge in [0.05, 0.1) is 5.69 Å². The fourth-order valence-electron chi connectivity index (χ4n) is 2.34. The Bertz CT molecular complexity index is 829. The van der Waals surface area contributed by atoms with Gasteiger partial charge in [0, 0.05) is 4.90 Å². The Morgan fingerprint density at radius 1 is 0.958 bits per heavy atom. The van der Waals surface area contributed by atoms with E-state index in [9.17, 15) is 14.4 Å². The first-order valence-electron chi connectivity index (χ1n) is 7.20. The van der Waals surface area contributed by atoms with Gasteiger partial charge in [-0.15, -0.1) is 11.8 Å². The van der Waals surface area contributed by atoms with E-state index in [0.717, 1.165) is 9.80 Å². The van der Waals surface area contributed by atoms with Gasteiger partial charge in [0.25, 0.3) is 11.8 Å². The molecule has 0 spiro atoms. The van der Waals surface area contributed by atoms with Crippen molar-refractivity contribution in [2.75, 3.05) is 11.2 Å². The Hall–Kier alpha value is -2.86. The third-order valence-electron chi connectivity index (χ3n) is 3.54. The summed E-state index contributed by atoms with van der Waals surface area (Å²) in [6.45, 7) is 0. The number of hydrogen-bond acceptors (Lipinski definition) is 4. The van der Waals surface area contributed by atoms with Gasteiger partial charge in [0.1, 0.15) is 5.57 Å².